The van der Waals surface area contributed by atoms with E-state index in [0.717, 1.165) is 25.1 Å². The van der Waals surface area contributed by atoms with E-state index in [1.807, 2.05) is 0 Å². The molecule has 0 atom stereocenters. The molecule has 0 heterocycles. The Balaban J connectivity index is 2.22. The second kappa shape index (κ2) is 7.01. The van der Waals surface area contributed by atoms with Gasteiger partial charge in [-0.2, -0.15) is 0 Å². The third-order valence-corrected chi connectivity index (χ3v) is 1.86. The molecule has 0 unspecified atom stereocenters. The number of ether oxygens (including phenoxy) is 2. The molecular weight excluding hydrogens is 192 g/mol. The molecule has 15 heavy (non-hydrogen) atoms. The molecule has 0 fully saturated rings. The van der Waals surface area contributed by atoms with Crippen LogP contribution in [-0.2, 0) is 4.74 Å². The van der Waals surface area contributed by atoms with Gasteiger partial charge >= 0.3 is 0 Å². The van der Waals surface area contributed by atoms with Crippen molar-refractivity contribution in [2.75, 3.05) is 19.8 Å². The fourth-order valence-corrected chi connectivity index (χ4v) is 1.11. The quantitative estimate of drug-likeness (QED) is 0.509. The maximum Gasteiger partial charge on any atom is 0.150 e. The van der Waals surface area contributed by atoms with Crippen molar-refractivity contribution in [1.29, 1.82) is 0 Å². The van der Waals surface area contributed by atoms with Gasteiger partial charge < -0.3 is 9.47 Å². The Bertz CT molecular complexity index is 279. The highest BCUT2D eigenvalue weighted by Gasteiger charge is 1.94. The summed E-state index contributed by atoms with van der Waals surface area (Å²) in [5, 5.41) is 0. The van der Waals surface area contributed by atoms with Crippen molar-refractivity contribution < 1.29 is 14.3 Å². The van der Waals surface area contributed by atoms with Gasteiger partial charge in [-0.3, -0.25) is 4.79 Å². The number of rotatable bonds is 7. The largest absolute Gasteiger partial charge is 0.491 e. The van der Waals surface area contributed by atoms with Crippen LogP contribution in [0.3, 0.4) is 0 Å². The highest BCUT2D eigenvalue weighted by molar-refractivity contribution is 5.74. The molecule has 0 saturated heterocycles. The lowest BCUT2D eigenvalue weighted by molar-refractivity contribution is 0.101. The minimum absolute atomic E-state index is 0.542. The highest BCUT2D eigenvalue weighted by Crippen LogP contribution is 2.10. The number of hydrogen-bond donors (Lipinski definition) is 0. The number of carbonyl (C=O) groups is 1. The van der Waals surface area contributed by atoms with Gasteiger partial charge in [-0.15, -0.1) is 0 Å². The maximum atomic E-state index is 10.4. The van der Waals surface area contributed by atoms with Crippen LogP contribution < -0.4 is 4.74 Å². The first-order valence-corrected chi connectivity index (χ1v) is 5.12. The van der Waals surface area contributed by atoms with Gasteiger partial charge in [0.25, 0.3) is 0 Å². The molecule has 0 N–H and O–H groups in total. The van der Waals surface area contributed by atoms with Crippen molar-refractivity contribution in [2.45, 2.75) is 13.3 Å². The summed E-state index contributed by atoms with van der Waals surface area (Å²) >= 11 is 0. The molecule has 0 radical (unpaired) electrons. The summed E-state index contributed by atoms with van der Waals surface area (Å²) in [5.41, 5.74) is 0.657. The number of benzene rings is 1. The van der Waals surface area contributed by atoms with Crippen molar-refractivity contribution in [2.24, 2.45) is 0 Å². The smallest absolute Gasteiger partial charge is 0.150 e. The molecule has 1 aromatic carbocycles. The van der Waals surface area contributed by atoms with Gasteiger partial charge in [0.2, 0.25) is 0 Å². The van der Waals surface area contributed by atoms with E-state index in [1.54, 1.807) is 24.3 Å². The van der Waals surface area contributed by atoms with Crippen LogP contribution in [0.4, 0.5) is 0 Å². The molecule has 0 aliphatic carbocycles. The Morgan fingerprint density at radius 2 is 1.87 bits per heavy atom. The molecule has 0 saturated carbocycles. The molecule has 0 aliphatic heterocycles. The summed E-state index contributed by atoms with van der Waals surface area (Å²) in [5.74, 6) is 0.765. The minimum Gasteiger partial charge on any atom is -0.491 e. The number of aldehydes is 1. The molecule has 3 heteroatoms. The zero-order chi connectivity index (χ0) is 10.9. The summed E-state index contributed by atoms with van der Waals surface area (Å²) in [6, 6.07) is 7.03. The van der Waals surface area contributed by atoms with E-state index in [2.05, 4.69) is 6.92 Å². The second-order valence-corrected chi connectivity index (χ2v) is 3.15. The Hall–Kier alpha value is -1.35. The number of carbonyl (C=O) groups excluding carboxylic acids is 1. The van der Waals surface area contributed by atoms with Crippen LogP contribution in [-0.4, -0.2) is 26.1 Å². The van der Waals surface area contributed by atoms with E-state index in [4.69, 9.17) is 9.47 Å². The third-order valence-electron chi connectivity index (χ3n) is 1.86. The van der Waals surface area contributed by atoms with Crippen molar-refractivity contribution in [3.8, 4) is 5.75 Å². The van der Waals surface area contributed by atoms with Crippen molar-refractivity contribution in [3.63, 3.8) is 0 Å². The SMILES string of the molecule is CCCOCCOc1ccc(C=O)cc1. The van der Waals surface area contributed by atoms with E-state index < -0.39 is 0 Å². The number of hydrogen-bond acceptors (Lipinski definition) is 3. The van der Waals surface area contributed by atoms with Gasteiger partial charge in [-0.25, -0.2) is 0 Å². The van der Waals surface area contributed by atoms with Crippen LogP contribution in [0.1, 0.15) is 23.7 Å². The molecule has 0 aliphatic rings. The third kappa shape index (κ3) is 4.61. The summed E-state index contributed by atoms with van der Waals surface area (Å²) in [4.78, 5) is 10.4. The standard InChI is InChI=1S/C12H16O3/c1-2-7-14-8-9-15-12-5-3-11(10-13)4-6-12/h3-6,10H,2,7-9H2,1H3. The first kappa shape index (κ1) is 11.7. The van der Waals surface area contributed by atoms with Crippen LogP contribution in [0.15, 0.2) is 24.3 Å². The van der Waals surface area contributed by atoms with E-state index in [1.165, 1.54) is 0 Å². The molecule has 0 amide bonds. The lowest BCUT2D eigenvalue weighted by Crippen LogP contribution is -2.06. The van der Waals surface area contributed by atoms with Crippen molar-refractivity contribution >= 4 is 6.29 Å². The van der Waals surface area contributed by atoms with Crippen molar-refractivity contribution in [3.05, 3.63) is 29.8 Å². The molecule has 0 spiro atoms. The summed E-state index contributed by atoms with van der Waals surface area (Å²) < 4.78 is 10.7. The van der Waals surface area contributed by atoms with Crippen LogP contribution >= 0.6 is 0 Å². The van der Waals surface area contributed by atoms with Gasteiger partial charge in [0, 0.05) is 12.2 Å². The highest BCUT2D eigenvalue weighted by atomic mass is 16.5. The molecular formula is C12H16O3. The minimum atomic E-state index is 0.542. The van der Waals surface area contributed by atoms with Gasteiger partial charge in [-0.05, 0) is 30.7 Å². The Kier molecular flexibility index (Phi) is 5.48. The first-order valence-electron chi connectivity index (χ1n) is 5.12. The lowest BCUT2D eigenvalue weighted by atomic mass is 10.2. The molecule has 3 nitrogen and oxygen atoms in total. The summed E-state index contributed by atoms with van der Waals surface area (Å²) in [7, 11) is 0. The second-order valence-electron chi connectivity index (χ2n) is 3.15. The molecule has 0 aromatic heterocycles. The van der Waals surface area contributed by atoms with Crippen LogP contribution in [0.2, 0.25) is 0 Å². The average molecular weight is 208 g/mol. The molecule has 1 rings (SSSR count). The fourth-order valence-electron chi connectivity index (χ4n) is 1.11. The predicted octanol–water partition coefficient (Wildman–Crippen LogP) is 2.30. The van der Waals surface area contributed by atoms with E-state index in [9.17, 15) is 4.79 Å². The van der Waals surface area contributed by atoms with E-state index in [-0.39, 0.29) is 0 Å². The molecule has 82 valence electrons. The Labute approximate surface area is 90.0 Å². The zero-order valence-corrected chi connectivity index (χ0v) is 8.94. The van der Waals surface area contributed by atoms with Crippen LogP contribution in [0.25, 0.3) is 0 Å². The van der Waals surface area contributed by atoms with Crippen molar-refractivity contribution in [1.82, 2.24) is 0 Å². The van der Waals surface area contributed by atoms with Gasteiger partial charge in [0.15, 0.2) is 0 Å². The Morgan fingerprint density at radius 3 is 2.47 bits per heavy atom. The molecule has 1 aromatic rings. The normalized spacial score (nSPS) is 9.93. The predicted molar refractivity (Wildman–Crippen MR) is 58.4 cm³/mol. The average Bonchev–Trinajstić information content (AvgIpc) is 2.30. The monoisotopic (exact) mass is 208 g/mol. The zero-order valence-electron chi connectivity index (χ0n) is 8.94. The summed E-state index contributed by atoms with van der Waals surface area (Å²) in [6.45, 7) is 3.98. The van der Waals surface area contributed by atoms with E-state index in [0.29, 0.717) is 18.8 Å². The van der Waals surface area contributed by atoms with Crippen LogP contribution in [0.5, 0.6) is 5.75 Å². The van der Waals surface area contributed by atoms with Gasteiger partial charge in [0.1, 0.15) is 18.6 Å². The molecule has 0 bridgehead atoms. The van der Waals surface area contributed by atoms with E-state index >= 15 is 0 Å². The topological polar surface area (TPSA) is 35.5 Å². The van der Waals surface area contributed by atoms with Gasteiger partial charge in [0.05, 0.1) is 6.61 Å². The first-order chi connectivity index (χ1) is 7.36. The van der Waals surface area contributed by atoms with Crippen LogP contribution in [0, 0.1) is 0 Å². The fraction of sp³-hybridized carbons (Fsp3) is 0.417. The lowest BCUT2D eigenvalue weighted by Gasteiger charge is -2.06. The Morgan fingerprint density at radius 1 is 1.13 bits per heavy atom. The summed E-state index contributed by atoms with van der Waals surface area (Å²) in [6.07, 6.45) is 1.84. The maximum absolute atomic E-state index is 10.4. The van der Waals surface area contributed by atoms with Gasteiger partial charge in [-0.1, -0.05) is 6.92 Å².